The maximum atomic E-state index is 13.3. The standard InChI is InChI=1S/C22H16FN3O/c23-18-12-10-16(11-13-18)22-17(14-24-20-8-4-5-9-21(20)27)15-26(25-22)19-6-2-1-3-7-19/h1-15,27H. The number of aliphatic imine (C=N–C) groups is 1. The Morgan fingerprint density at radius 3 is 2.33 bits per heavy atom. The lowest BCUT2D eigenvalue weighted by atomic mass is 10.1. The molecule has 1 aromatic heterocycles. The number of halogens is 1. The Bertz CT molecular complexity index is 1090. The number of aromatic hydroxyl groups is 1. The Balaban J connectivity index is 1.80. The van der Waals surface area contributed by atoms with Crippen LogP contribution < -0.4 is 0 Å². The zero-order valence-electron chi connectivity index (χ0n) is 14.3. The van der Waals surface area contributed by atoms with E-state index < -0.39 is 0 Å². The van der Waals surface area contributed by atoms with Gasteiger partial charge in [-0.05, 0) is 48.5 Å². The first kappa shape index (κ1) is 16.7. The number of hydrogen-bond acceptors (Lipinski definition) is 3. The van der Waals surface area contributed by atoms with Gasteiger partial charge < -0.3 is 5.11 Å². The van der Waals surface area contributed by atoms with Crippen LogP contribution in [-0.2, 0) is 0 Å². The van der Waals surface area contributed by atoms with E-state index in [0.29, 0.717) is 11.4 Å². The van der Waals surface area contributed by atoms with Crippen LogP contribution in [0.4, 0.5) is 10.1 Å². The van der Waals surface area contributed by atoms with Gasteiger partial charge in [0.05, 0.1) is 5.69 Å². The molecule has 1 heterocycles. The summed E-state index contributed by atoms with van der Waals surface area (Å²) in [5.41, 5.74) is 3.59. The van der Waals surface area contributed by atoms with Gasteiger partial charge in [-0.15, -0.1) is 0 Å². The van der Waals surface area contributed by atoms with E-state index in [-0.39, 0.29) is 11.6 Å². The predicted octanol–water partition coefficient (Wildman–Crippen LogP) is 5.13. The molecule has 4 aromatic rings. The van der Waals surface area contributed by atoms with Crippen LogP contribution in [0.2, 0.25) is 0 Å². The van der Waals surface area contributed by atoms with E-state index in [0.717, 1.165) is 16.8 Å². The van der Waals surface area contributed by atoms with E-state index in [1.54, 1.807) is 47.3 Å². The summed E-state index contributed by atoms with van der Waals surface area (Å²) in [5, 5.41) is 14.6. The van der Waals surface area contributed by atoms with Gasteiger partial charge in [0.15, 0.2) is 0 Å². The summed E-state index contributed by atoms with van der Waals surface area (Å²) in [6.07, 6.45) is 3.51. The van der Waals surface area contributed by atoms with E-state index >= 15 is 0 Å². The number of phenols is 1. The fourth-order valence-electron chi connectivity index (χ4n) is 2.74. The fraction of sp³-hybridized carbons (Fsp3) is 0. The molecule has 0 bridgehead atoms. The lowest BCUT2D eigenvalue weighted by Gasteiger charge is -2.00. The third-order valence-corrected chi connectivity index (χ3v) is 4.11. The summed E-state index contributed by atoms with van der Waals surface area (Å²) in [4.78, 5) is 4.38. The second-order valence-electron chi connectivity index (χ2n) is 5.97. The van der Waals surface area contributed by atoms with Crippen LogP contribution >= 0.6 is 0 Å². The minimum atomic E-state index is -0.300. The highest BCUT2D eigenvalue weighted by Gasteiger charge is 2.11. The number of para-hydroxylation sites is 3. The van der Waals surface area contributed by atoms with Gasteiger partial charge in [0.2, 0.25) is 0 Å². The Hall–Kier alpha value is -3.73. The number of aromatic nitrogens is 2. The molecular formula is C22H16FN3O. The molecule has 0 fully saturated rings. The molecule has 0 saturated carbocycles. The molecule has 27 heavy (non-hydrogen) atoms. The van der Waals surface area contributed by atoms with Crippen LogP contribution in [0.15, 0.2) is 90.1 Å². The van der Waals surface area contributed by atoms with Crippen molar-refractivity contribution in [2.24, 2.45) is 4.99 Å². The van der Waals surface area contributed by atoms with Crippen LogP contribution in [0, 0.1) is 5.82 Å². The Labute approximate surface area is 155 Å². The molecule has 3 aromatic carbocycles. The molecular weight excluding hydrogens is 341 g/mol. The molecule has 1 N–H and O–H groups in total. The van der Waals surface area contributed by atoms with Gasteiger partial charge in [0.1, 0.15) is 22.9 Å². The molecule has 4 rings (SSSR count). The third kappa shape index (κ3) is 3.62. The maximum Gasteiger partial charge on any atom is 0.141 e. The molecule has 5 heteroatoms. The van der Waals surface area contributed by atoms with Gasteiger partial charge in [0.25, 0.3) is 0 Å². The Morgan fingerprint density at radius 2 is 1.59 bits per heavy atom. The van der Waals surface area contributed by atoms with Gasteiger partial charge in [0, 0.05) is 23.5 Å². The molecule has 0 atom stereocenters. The first-order chi connectivity index (χ1) is 13.2. The van der Waals surface area contributed by atoms with E-state index in [9.17, 15) is 9.50 Å². The third-order valence-electron chi connectivity index (χ3n) is 4.11. The summed E-state index contributed by atoms with van der Waals surface area (Å²) in [6, 6.07) is 22.7. The SMILES string of the molecule is Oc1ccccc1N=Cc1cn(-c2ccccc2)nc1-c1ccc(F)cc1. The van der Waals surface area contributed by atoms with Crippen LogP contribution in [0.5, 0.6) is 5.75 Å². The quantitative estimate of drug-likeness (QED) is 0.515. The van der Waals surface area contributed by atoms with E-state index in [1.807, 2.05) is 36.5 Å². The number of phenolic OH excluding ortho intramolecular Hbond substituents is 1. The van der Waals surface area contributed by atoms with Crippen LogP contribution in [0.3, 0.4) is 0 Å². The van der Waals surface area contributed by atoms with Crippen molar-refractivity contribution in [2.45, 2.75) is 0 Å². The molecule has 4 nitrogen and oxygen atoms in total. The smallest absolute Gasteiger partial charge is 0.141 e. The minimum absolute atomic E-state index is 0.104. The van der Waals surface area contributed by atoms with Crippen LogP contribution in [-0.4, -0.2) is 21.1 Å². The average Bonchev–Trinajstić information content (AvgIpc) is 3.13. The van der Waals surface area contributed by atoms with Crippen molar-refractivity contribution >= 4 is 11.9 Å². The van der Waals surface area contributed by atoms with Crippen molar-refractivity contribution in [1.29, 1.82) is 0 Å². The molecule has 0 saturated heterocycles. The lowest BCUT2D eigenvalue weighted by Crippen LogP contribution is -1.94. The van der Waals surface area contributed by atoms with Gasteiger partial charge in [-0.2, -0.15) is 5.10 Å². The van der Waals surface area contributed by atoms with Gasteiger partial charge in [-0.25, -0.2) is 9.07 Å². The summed E-state index contributed by atoms with van der Waals surface area (Å²) in [5.74, 6) is -0.196. The molecule has 0 unspecified atom stereocenters. The number of nitrogens with zero attached hydrogens (tertiary/aromatic N) is 3. The maximum absolute atomic E-state index is 13.3. The molecule has 0 aliphatic heterocycles. The van der Waals surface area contributed by atoms with Crippen molar-refractivity contribution in [1.82, 2.24) is 9.78 Å². The molecule has 0 spiro atoms. The topological polar surface area (TPSA) is 50.4 Å². The average molecular weight is 357 g/mol. The Kier molecular flexibility index (Phi) is 4.49. The molecule has 0 aliphatic rings. The van der Waals surface area contributed by atoms with Crippen molar-refractivity contribution in [3.8, 4) is 22.7 Å². The monoisotopic (exact) mass is 357 g/mol. The summed E-state index contributed by atoms with van der Waals surface area (Å²) in [6.45, 7) is 0. The van der Waals surface area contributed by atoms with Crippen LogP contribution in [0.1, 0.15) is 5.56 Å². The second kappa shape index (κ2) is 7.25. The highest BCUT2D eigenvalue weighted by Crippen LogP contribution is 2.27. The van der Waals surface area contributed by atoms with E-state index in [4.69, 9.17) is 0 Å². The first-order valence-corrected chi connectivity index (χ1v) is 8.44. The zero-order chi connectivity index (χ0) is 18.6. The van der Waals surface area contributed by atoms with Gasteiger partial charge in [-0.1, -0.05) is 30.3 Å². The molecule has 0 amide bonds. The highest BCUT2D eigenvalue weighted by molar-refractivity contribution is 5.90. The molecule has 0 aliphatic carbocycles. The van der Waals surface area contributed by atoms with Gasteiger partial charge in [-0.3, -0.25) is 4.99 Å². The number of benzene rings is 3. The minimum Gasteiger partial charge on any atom is -0.506 e. The zero-order valence-corrected chi connectivity index (χ0v) is 14.3. The highest BCUT2D eigenvalue weighted by atomic mass is 19.1. The first-order valence-electron chi connectivity index (χ1n) is 8.44. The Morgan fingerprint density at radius 1 is 0.889 bits per heavy atom. The summed E-state index contributed by atoms with van der Waals surface area (Å²) < 4.78 is 15.1. The van der Waals surface area contributed by atoms with Crippen molar-refractivity contribution in [2.75, 3.05) is 0 Å². The summed E-state index contributed by atoms with van der Waals surface area (Å²) in [7, 11) is 0. The van der Waals surface area contributed by atoms with Crippen molar-refractivity contribution in [3.05, 3.63) is 96.4 Å². The molecule has 0 radical (unpaired) electrons. The summed E-state index contributed by atoms with van der Waals surface area (Å²) >= 11 is 0. The predicted molar refractivity (Wildman–Crippen MR) is 104 cm³/mol. The van der Waals surface area contributed by atoms with E-state index in [2.05, 4.69) is 10.1 Å². The second-order valence-corrected chi connectivity index (χ2v) is 5.97. The largest absolute Gasteiger partial charge is 0.506 e. The number of hydrogen-bond donors (Lipinski definition) is 1. The lowest BCUT2D eigenvalue weighted by molar-refractivity contribution is 0.477. The van der Waals surface area contributed by atoms with E-state index in [1.165, 1.54) is 12.1 Å². The number of rotatable bonds is 4. The van der Waals surface area contributed by atoms with Gasteiger partial charge >= 0.3 is 0 Å². The molecule has 132 valence electrons. The fourth-order valence-corrected chi connectivity index (χ4v) is 2.74. The van der Waals surface area contributed by atoms with Crippen molar-refractivity contribution in [3.63, 3.8) is 0 Å². The van der Waals surface area contributed by atoms with Crippen molar-refractivity contribution < 1.29 is 9.50 Å². The normalized spacial score (nSPS) is 11.1. The van der Waals surface area contributed by atoms with Crippen LogP contribution in [0.25, 0.3) is 16.9 Å².